The van der Waals surface area contributed by atoms with E-state index in [0.717, 1.165) is 0 Å². The van der Waals surface area contributed by atoms with Crippen molar-refractivity contribution in [2.24, 2.45) is 17.8 Å². The lowest BCUT2D eigenvalue weighted by Crippen LogP contribution is -2.59. The van der Waals surface area contributed by atoms with Crippen LogP contribution in [0.2, 0.25) is 0 Å². The van der Waals surface area contributed by atoms with E-state index >= 15 is 0 Å². The highest BCUT2D eigenvalue weighted by atomic mass is 16.6. The average molecular weight is 555 g/mol. The van der Waals surface area contributed by atoms with Crippen LogP contribution in [-0.4, -0.2) is 77.9 Å². The molecule has 218 valence electrons. The highest BCUT2D eigenvalue weighted by molar-refractivity contribution is 6.05. The minimum absolute atomic E-state index is 0.111. The van der Waals surface area contributed by atoms with Crippen molar-refractivity contribution in [3.8, 4) is 5.75 Å². The first kappa shape index (κ1) is 29.8. The molecule has 3 heterocycles. The molecule has 3 aliphatic rings. The summed E-state index contributed by atoms with van der Waals surface area (Å²) in [4.78, 5) is 45.5. The number of amides is 2. The van der Waals surface area contributed by atoms with E-state index in [4.69, 9.17) is 14.2 Å². The molecule has 4 rings (SSSR count). The number of ether oxygens (including phenoxy) is 3. The van der Waals surface area contributed by atoms with E-state index in [0.29, 0.717) is 37.1 Å². The molecule has 1 aromatic carbocycles. The molecule has 9 nitrogen and oxygen atoms in total. The maximum Gasteiger partial charge on any atom is 0.312 e. The van der Waals surface area contributed by atoms with Gasteiger partial charge in [0.1, 0.15) is 23.3 Å². The number of carbonyl (C=O) groups excluding carboxylic acids is 3. The van der Waals surface area contributed by atoms with Gasteiger partial charge in [-0.25, -0.2) is 0 Å². The predicted octanol–water partition coefficient (Wildman–Crippen LogP) is 3.51. The molecule has 7 atom stereocenters. The number of rotatable bonds is 13. The van der Waals surface area contributed by atoms with Gasteiger partial charge in [0.15, 0.2) is 0 Å². The van der Waals surface area contributed by atoms with Crippen molar-refractivity contribution in [3.63, 3.8) is 0 Å². The molecule has 0 radical (unpaired) electrons. The molecule has 1 aromatic rings. The normalized spacial score (nSPS) is 31.0. The van der Waals surface area contributed by atoms with Crippen LogP contribution in [0.4, 0.5) is 5.69 Å². The van der Waals surface area contributed by atoms with Crippen LogP contribution in [-0.2, 0) is 23.9 Å². The second-order valence-electron chi connectivity index (χ2n) is 11.2. The van der Waals surface area contributed by atoms with E-state index < -0.39 is 41.1 Å². The Hall–Kier alpha value is -3.17. The number of fused-ring (bicyclic) bond motifs is 1. The van der Waals surface area contributed by atoms with Crippen molar-refractivity contribution in [3.05, 3.63) is 49.6 Å². The summed E-state index contributed by atoms with van der Waals surface area (Å²) in [6.45, 7) is 13.3. The van der Waals surface area contributed by atoms with Gasteiger partial charge < -0.3 is 29.1 Å². The fourth-order valence-corrected chi connectivity index (χ4v) is 6.97. The van der Waals surface area contributed by atoms with Crippen LogP contribution in [0.5, 0.6) is 5.75 Å². The van der Waals surface area contributed by atoms with Crippen molar-refractivity contribution < 1.29 is 33.7 Å². The zero-order chi connectivity index (χ0) is 29.2. The summed E-state index contributed by atoms with van der Waals surface area (Å²) in [5, 5.41) is 10.3. The number of carbonyl (C=O) groups is 3. The number of hydrogen-bond donors (Lipinski definition) is 1. The second kappa shape index (κ2) is 11.7. The van der Waals surface area contributed by atoms with Crippen molar-refractivity contribution in [2.75, 3.05) is 31.8 Å². The minimum Gasteiger partial charge on any atom is -0.497 e. The van der Waals surface area contributed by atoms with Crippen LogP contribution in [0.3, 0.4) is 0 Å². The maximum atomic E-state index is 14.6. The molecule has 3 unspecified atom stereocenters. The Bertz CT molecular complexity index is 1130. The van der Waals surface area contributed by atoms with Crippen LogP contribution in [0.25, 0.3) is 0 Å². The quantitative estimate of drug-likeness (QED) is 0.226. The Morgan fingerprint density at radius 3 is 2.55 bits per heavy atom. The summed E-state index contributed by atoms with van der Waals surface area (Å²) in [5.41, 5.74) is -1.59. The number of aliphatic hydroxyl groups is 1. The van der Waals surface area contributed by atoms with Crippen LogP contribution in [0, 0.1) is 17.8 Å². The fourth-order valence-electron chi connectivity index (χ4n) is 6.97. The number of hydrogen-bond acceptors (Lipinski definition) is 7. The molecule has 0 saturated carbocycles. The molecule has 40 heavy (non-hydrogen) atoms. The Balaban J connectivity index is 1.79. The first-order valence-electron chi connectivity index (χ1n) is 14.1. The number of esters is 1. The number of allylic oxidation sites excluding steroid dienone is 1. The predicted molar refractivity (Wildman–Crippen MR) is 151 cm³/mol. The molecule has 0 aliphatic carbocycles. The molecule has 1 N–H and O–H groups in total. The average Bonchev–Trinajstić information content (AvgIpc) is 3.47. The fraction of sp³-hybridized carbons (Fsp3) is 0.581. The van der Waals surface area contributed by atoms with E-state index in [2.05, 4.69) is 13.2 Å². The summed E-state index contributed by atoms with van der Waals surface area (Å²) in [6.07, 6.45) is 5.59. The van der Waals surface area contributed by atoms with E-state index in [9.17, 15) is 19.5 Å². The van der Waals surface area contributed by atoms with Crippen LogP contribution in [0.15, 0.2) is 49.6 Å². The summed E-state index contributed by atoms with van der Waals surface area (Å²) in [5.74, 6) is -2.40. The van der Waals surface area contributed by atoms with Gasteiger partial charge >= 0.3 is 5.97 Å². The molecule has 2 amide bonds. The molecular formula is C31H42N2O7. The SMILES string of the molecule is C=CCCCOC(=O)[C@@H]1[C@H]2C(=O)N([C@@H](CC)CO)C(C(=O)N(CC=C)c3ccc(OC)cc3)C23CC(C)[C@@]1(C)O3. The number of nitrogens with zero attached hydrogens (tertiary/aromatic N) is 2. The van der Waals surface area contributed by atoms with Gasteiger partial charge in [0.25, 0.3) is 5.91 Å². The minimum atomic E-state index is -1.23. The third-order valence-corrected chi connectivity index (χ3v) is 9.07. The van der Waals surface area contributed by atoms with Gasteiger partial charge in [-0.15, -0.1) is 13.2 Å². The summed E-state index contributed by atoms with van der Waals surface area (Å²) in [6, 6.07) is 5.43. The number of anilines is 1. The lowest BCUT2D eigenvalue weighted by molar-refractivity contribution is -0.162. The first-order valence-corrected chi connectivity index (χ1v) is 14.1. The summed E-state index contributed by atoms with van der Waals surface area (Å²) >= 11 is 0. The molecule has 3 saturated heterocycles. The monoisotopic (exact) mass is 554 g/mol. The van der Waals surface area contributed by atoms with Gasteiger partial charge in [0.2, 0.25) is 5.91 Å². The van der Waals surface area contributed by atoms with Gasteiger partial charge in [-0.2, -0.15) is 0 Å². The highest BCUT2D eigenvalue weighted by Crippen LogP contribution is 2.65. The number of methoxy groups -OCH3 is 1. The smallest absolute Gasteiger partial charge is 0.312 e. The summed E-state index contributed by atoms with van der Waals surface area (Å²) in [7, 11) is 1.57. The van der Waals surface area contributed by atoms with Crippen molar-refractivity contribution >= 4 is 23.5 Å². The Kier molecular flexibility index (Phi) is 8.75. The number of benzene rings is 1. The number of unbranched alkanes of at least 4 members (excludes halogenated alkanes) is 1. The largest absolute Gasteiger partial charge is 0.497 e. The topological polar surface area (TPSA) is 106 Å². The van der Waals surface area contributed by atoms with E-state index in [1.807, 2.05) is 20.8 Å². The van der Waals surface area contributed by atoms with Gasteiger partial charge in [0, 0.05) is 12.2 Å². The molecule has 2 bridgehead atoms. The third kappa shape index (κ3) is 4.63. The maximum absolute atomic E-state index is 14.6. The molecular weight excluding hydrogens is 512 g/mol. The lowest BCUT2D eigenvalue weighted by atomic mass is 9.62. The zero-order valence-electron chi connectivity index (χ0n) is 24.0. The van der Waals surface area contributed by atoms with Crippen molar-refractivity contribution in [1.82, 2.24) is 4.90 Å². The van der Waals surface area contributed by atoms with Gasteiger partial charge in [-0.1, -0.05) is 26.0 Å². The molecule has 3 fully saturated rings. The zero-order valence-corrected chi connectivity index (χ0v) is 24.0. The van der Waals surface area contributed by atoms with Crippen LogP contribution < -0.4 is 9.64 Å². The third-order valence-electron chi connectivity index (χ3n) is 9.07. The van der Waals surface area contributed by atoms with Gasteiger partial charge in [0.05, 0.1) is 37.9 Å². The molecule has 1 spiro atoms. The molecule has 9 heteroatoms. The van der Waals surface area contributed by atoms with Crippen molar-refractivity contribution in [1.29, 1.82) is 0 Å². The van der Waals surface area contributed by atoms with Gasteiger partial charge in [-0.05, 0) is 62.8 Å². The Morgan fingerprint density at radius 2 is 1.98 bits per heavy atom. The second-order valence-corrected chi connectivity index (χ2v) is 11.2. The summed E-state index contributed by atoms with van der Waals surface area (Å²) < 4.78 is 17.7. The Labute approximate surface area is 236 Å². The standard InChI is InChI=1S/C31H42N2O7/c1-7-10-11-17-39-29(37)25-24-27(35)33(21(9-3)19-34)26(31(24)18-20(4)30(25,5)40-31)28(36)32(16-8-2)22-12-14-23(38-6)15-13-22/h7-8,12-15,20-21,24-26,34H,1-2,9-11,16-19H2,3-6H3/t20?,21-,24-,25-,26?,30+,31?/m0/s1. The van der Waals surface area contributed by atoms with E-state index in [1.165, 1.54) is 4.90 Å². The Morgan fingerprint density at radius 1 is 1.27 bits per heavy atom. The van der Waals surface area contributed by atoms with Crippen LogP contribution in [0.1, 0.15) is 46.5 Å². The first-order chi connectivity index (χ1) is 19.1. The lowest BCUT2D eigenvalue weighted by Gasteiger charge is -2.39. The molecule has 3 aliphatic heterocycles. The molecule has 0 aromatic heterocycles. The highest BCUT2D eigenvalue weighted by Gasteiger charge is 2.80. The van der Waals surface area contributed by atoms with Gasteiger partial charge in [-0.3, -0.25) is 14.4 Å². The number of aliphatic hydroxyl groups excluding tert-OH is 1. The number of likely N-dealkylation sites (tertiary alicyclic amines) is 1. The van der Waals surface area contributed by atoms with Crippen LogP contribution >= 0.6 is 0 Å². The van der Waals surface area contributed by atoms with E-state index in [-0.39, 0.29) is 37.5 Å². The van der Waals surface area contributed by atoms with Crippen molar-refractivity contribution in [2.45, 2.75) is 69.7 Å². The van der Waals surface area contributed by atoms with E-state index in [1.54, 1.807) is 48.4 Å².